The average molecular weight is 273 g/mol. The van der Waals surface area contributed by atoms with Crippen molar-refractivity contribution < 1.29 is 4.74 Å². The van der Waals surface area contributed by atoms with E-state index in [1.807, 2.05) is 36.0 Å². The molecular weight excluding hydrogens is 250 g/mol. The van der Waals surface area contributed by atoms with Gasteiger partial charge in [-0.2, -0.15) is 5.10 Å². The first-order chi connectivity index (χ1) is 9.51. The van der Waals surface area contributed by atoms with Gasteiger partial charge in [-0.15, -0.1) is 0 Å². The Kier molecular flexibility index (Phi) is 4.45. The van der Waals surface area contributed by atoms with Crippen molar-refractivity contribution in [1.29, 1.82) is 0 Å². The van der Waals surface area contributed by atoms with Crippen molar-refractivity contribution in [2.24, 2.45) is 5.73 Å². The Labute approximate surface area is 120 Å². The summed E-state index contributed by atoms with van der Waals surface area (Å²) in [4.78, 5) is 0. The van der Waals surface area contributed by atoms with E-state index in [2.05, 4.69) is 25.0 Å². The summed E-state index contributed by atoms with van der Waals surface area (Å²) in [5.74, 6) is 0.894. The maximum absolute atomic E-state index is 6.28. The van der Waals surface area contributed by atoms with Crippen LogP contribution < -0.4 is 10.5 Å². The van der Waals surface area contributed by atoms with Gasteiger partial charge in [0, 0.05) is 24.7 Å². The van der Waals surface area contributed by atoms with Crippen LogP contribution in [0.15, 0.2) is 30.5 Å². The van der Waals surface area contributed by atoms with Gasteiger partial charge in [-0.1, -0.05) is 12.1 Å². The fourth-order valence-electron chi connectivity index (χ4n) is 2.25. The van der Waals surface area contributed by atoms with Crippen LogP contribution in [0.25, 0.3) is 0 Å². The molecule has 1 unspecified atom stereocenters. The monoisotopic (exact) mass is 273 g/mol. The molecule has 0 amide bonds. The van der Waals surface area contributed by atoms with Gasteiger partial charge in [0.05, 0.1) is 12.8 Å². The third-order valence-corrected chi connectivity index (χ3v) is 3.47. The lowest BCUT2D eigenvalue weighted by Crippen LogP contribution is -2.14. The van der Waals surface area contributed by atoms with Crippen LogP contribution in [0, 0.1) is 6.92 Å². The molecule has 0 spiro atoms. The molecule has 2 rings (SSSR count). The van der Waals surface area contributed by atoms with Crippen molar-refractivity contribution in [2.75, 3.05) is 7.11 Å². The molecular formula is C16H23N3O. The smallest absolute Gasteiger partial charge is 0.121 e. The Morgan fingerprint density at radius 1 is 1.30 bits per heavy atom. The van der Waals surface area contributed by atoms with Crippen molar-refractivity contribution >= 4 is 0 Å². The van der Waals surface area contributed by atoms with E-state index < -0.39 is 0 Å². The van der Waals surface area contributed by atoms with Gasteiger partial charge in [0.2, 0.25) is 0 Å². The van der Waals surface area contributed by atoms with Gasteiger partial charge < -0.3 is 10.5 Å². The normalized spacial score (nSPS) is 12.7. The Balaban J connectivity index is 2.10. The zero-order valence-electron chi connectivity index (χ0n) is 12.6. The molecule has 1 atom stereocenters. The van der Waals surface area contributed by atoms with E-state index in [1.54, 1.807) is 7.11 Å². The van der Waals surface area contributed by atoms with E-state index in [1.165, 1.54) is 0 Å². The van der Waals surface area contributed by atoms with E-state index in [4.69, 9.17) is 10.5 Å². The molecule has 4 heteroatoms. The third kappa shape index (κ3) is 3.20. The molecule has 1 aromatic heterocycles. The van der Waals surface area contributed by atoms with Gasteiger partial charge in [-0.3, -0.25) is 4.68 Å². The molecule has 108 valence electrons. The Hall–Kier alpha value is -1.81. The first kappa shape index (κ1) is 14.6. The van der Waals surface area contributed by atoms with Gasteiger partial charge in [-0.25, -0.2) is 0 Å². The second kappa shape index (κ2) is 6.09. The SMILES string of the molecule is COc1ccc(C(N)Cc2ccn(C(C)C)n2)cc1C. The second-order valence-corrected chi connectivity index (χ2v) is 5.42. The average Bonchev–Trinajstić information content (AvgIpc) is 2.87. The molecule has 20 heavy (non-hydrogen) atoms. The third-order valence-electron chi connectivity index (χ3n) is 3.47. The molecule has 1 heterocycles. The number of aryl methyl sites for hydroxylation is 1. The topological polar surface area (TPSA) is 53.1 Å². The molecule has 4 nitrogen and oxygen atoms in total. The maximum Gasteiger partial charge on any atom is 0.121 e. The molecule has 0 saturated carbocycles. The molecule has 0 bridgehead atoms. The lowest BCUT2D eigenvalue weighted by atomic mass is 10.0. The largest absolute Gasteiger partial charge is 0.496 e. The predicted molar refractivity (Wildman–Crippen MR) is 81.0 cm³/mol. The van der Waals surface area contributed by atoms with Crippen LogP contribution in [-0.2, 0) is 6.42 Å². The number of nitrogens with two attached hydrogens (primary N) is 1. The summed E-state index contributed by atoms with van der Waals surface area (Å²) in [6.45, 7) is 6.26. The summed E-state index contributed by atoms with van der Waals surface area (Å²) in [6, 6.07) is 8.45. The summed E-state index contributed by atoms with van der Waals surface area (Å²) in [5, 5.41) is 4.54. The first-order valence-electron chi connectivity index (χ1n) is 6.95. The Bertz CT molecular complexity index is 575. The minimum atomic E-state index is -0.0462. The molecule has 0 saturated heterocycles. The van der Waals surface area contributed by atoms with Crippen LogP contribution in [0.3, 0.4) is 0 Å². The van der Waals surface area contributed by atoms with E-state index in [0.29, 0.717) is 6.04 Å². The van der Waals surface area contributed by atoms with Crippen LogP contribution in [-0.4, -0.2) is 16.9 Å². The van der Waals surface area contributed by atoms with Crippen molar-refractivity contribution in [3.05, 3.63) is 47.3 Å². The van der Waals surface area contributed by atoms with Crippen LogP contribution in [0.4, 0.5) is 0 Å². The van der Waals surface area contributed by atoms with Crippen molar-refractivity contribution in [2.45, 2.75) is 39.3 Å². The molecule has 2 N–H and O–H groups in total. The highest BCUT2D eigenvalue weighted by atomic mass is 16.5. The van der Waals surface area contributed by atoms with Gasteiger partial charge in [-0.05, 0) is 44.0 Å². The summed E-state index contributed by atoms with van der Waals surface area (Å²) in [6.07, 6.45) is 2.75. The van der Waals surface area contributed by atoms with Gasteiger partial charge >= 0.3 is 0 Å². The summed E-state index contributed by atoms with van der Waals surface area (Å²) >= 11 is 0. The highest BCUT2D eigenvalue weighted by molar-refractivity contribution is 5.37. The molecule has 1 aromatic carbocycles. The molecule has 0 aliphatic carbocycles. The van der Waals surface area contributed by atoms with Crippen LogP contribution in [0.1, 0.15) is 42.8 Å². The number of aromatic nitrogens is 2. The van der Waals surface area contributed by atoms with Crippen molar-refractivity contribution in [3.63, 3.8) is 0 Å². The molecule has 0 aliphatic rings. The number of hydrogen-bond acceptors (Lipinski definition) is 3. The van der Waals surface area contributed by atoms with Gasteiger partial charge in [0.15, 0.2) is 0 Å². The van der Waals surface area contributed by atoms with Crippen LogP contribution >= 0.6 is 0 Å². The van der Waals surface area contributed by atoms with Crippen molar-refractivity contribution in [1.82, 2.24) is 9.78 Å². The van der Waals surface area contributed by atoms with E-state index in [-0.39, 0.29) is 6.04 Å². The minimum absolute atomic E-state index is 0.0462. The molecule has 2 aromatic rings. The van der Waals surface area contributed by atoms with Crippen molar-refractivity contribution in [3.8, 4) is 5.75 Å². The number of rotatable bonds is 5. The zero-order valence-corrected chi connectivity index (χ0v) is 12.6. The van der Waals surface area contributed by atoms with Gasteiger partial charge in [0.25, 0.3) is 0 Å². The van der Waals surface area contributed by atoms with Gasteiger partial charge in [0.1, 0.15) is 5.75 Å². The number of methoxy groups -OCH3 is 1. The number of hydrogen-bond donors (Lipinski definition) is 1. The maximum atomic E-state index is 6.28. The van der Waals surface area contributed by atoms with E-state index >= 15 is 0 Å². The summed E-state index contributed by atoms with van der Waals surface area (Å²) < 4.78 is 7.23. The lowest BCUT2D eigenvalue weighted by molar-refractivity contribution is 0.411. The summed E-state index contributed by atoms with van der Waals surface area (Å²) in [7, 11) is 1.68. The quantitative estimate of drug-likeness (QED) is 0.911. The molecule has 0 fully saturated rings. The number of nitrogens with zero attached hydrogens (tertiary/aromatic N) is 2. The minimum Gasteiger partial charge on any atom is -0.496 e. The number of ether oxygens (including phenoxy) is 1. The second-order valence-electron chi connectivity index (χ2n) is 5.42. The fourth-order valence-corrected chi connectivity index (χ4v) is 2.25. The number of benzene rings is 1. The van der Waals surface area contributed by atoms with E-state index in [0.717, 1.165) is 29.0 Å². The Morgan fingerprint density at radius 2 is 2.05 bits per heavy atom. The highest BCUT2D eigenvalue weighted by Gasteiger charge is 2.11. The zero-order chi connectivity index (χ0) is 14.7. The molecule has 0 aliphatic heterocycles. The van der Waals surface area contributed by atoms with Crippen LogP contribution in [0.5, 0.6) is 5.75 Å². The van der Waals surface area contributed by atoms with E-state index in [9.17, 15) is 0 Å². The lowest BCUT2D eigenvalue weighted by Gasteiger charge is -2.13. The summed E-state index contributed by atoms with van der Waals surface area (Å²) in [5.41, 5.74) is 9.53. The molecule has 0 radical (unpaired) electrons. The Morgan fingerprint density at radius 3 is 2.60 bits per heavy atom. The highest BCUT2D eigenvalue weighted by Crippen LogP contribution is 2.23. The fraction of sp³-hybridized carbons (Fsp3) is 0.438. The van der Waals surface area contributed by atoms with Crippen LogP contribution in [0.2, 0.25) is 0 Å². The standard InChI is InChI=1S/C16H23N3O/c1-11(2)19-8-7-14(18-19)10-15(17)13-5-6-16(20-4)12(3)9-13/h5-9,11,15H,10,17H2,1-4H3. The predicted octanol–water partition coefficient (Wildman–Crippen LogP) is 3.02. The first-order valence-corrected chi connectivity index (χ1v) is 6.95.